The maximum absolute atomic E-state index is 15.1. The maximum Gasteiger partial charge on any atom is 0.511 e. The molecule has 1 aliphatic rings. The van der Waals surface area contributed by atoms with Crippen molar-refractivity contribution in [2.45, 2.75) is 56.8 Å². The van der Waals surface area contributed by atoms with E-state index >= 15 is 8.78 Å². The molecule has 0 radical (unpaired) electrons. The molecular weight excluding hydrogens is 636 g/mol. The smallest absolute Gasteiger partial charge is 0.364 e. The van der Waals surface area contributed by atoms with Crippen molar-refractivity contribution in [3.8, 4) is 17.3 Å². The van der Waals surface area contributed by atoms with Crippen LogP contribution < -0.4 is 5.32 Å². The first-order valence-electron chi connectivity index (χ1n) is 14.2. The summed E-state index contributed by atoms with van der Waals surface area (Å²) in [5.41, 5.74) is -4.91. The van der Waals surface area contributed by atoms with Crippen LogP contribution in [0.2, 0.25) is 25.7 Å². The van der Waals surface area contributed by atoms with Crippen LogP contribution >= 0.6 is 0 Å². The van der Waals surface area contributed by atoms with Gasteiger partial charge in [-0.25, -0.2) is 26.9 Å². The molecule has 2 aromatic carbocycles. The molecule has 0 atom stereocenters. The lowest BCUT2D eigenvalue weighted by molar-refractivity contribution is -0.0494. The number of sulfonamides is 1. The van der Waals surface area contributed by atoms with Gasteiger partial charge in [0.25, 0.3) is 0 Å². The van der Waals surface area contributed by atoms with Crippen LogP contribution in [-0.4, -0.2) is 66.8 Å². The van der Waals surface area contributed by atoms with Crippen molar-refractivity contribution in [1.29, 1.82) is 5.26 Å². The van der Waals surface area contributed by atoms with Crippen molar-refractivity contribution >= 4 is 45.7 Å². The highest BCUT2D eigenvalue weighted by Gasteiger charge is 2.50. The van der Waals surface area contributed by atoms with Crippen LogP contribution in [0.15, 0.2) is 36.4 Å². The van der Waals surface area contributed by atoms with Gasteiger partial charge in [0, 0.05) is 44.6 Å². The number of halogens is 5. The van der Waals surface area contributed by atoms with Gasteiger partial charge in [0.15, 0.2) is 5.82 Å². The molecule has 0 spiro atoms. The van der Waals surface area contributed by atoms with Gasteiger partial charge in [-0.15, -0.1) is 0 Å². The molecular formula is C29H31F5N6O3SSi. The van der Waals surface area contributed by atoms with Gasteiger partial charge >= 0.3 is 15.5 Å². The minimum Gasteiger partial charge on any atom is -0.364 e. The van der Waals surface area contributed by atoms with Gasteiger partial charge in [-0.3, -0.25) is 0 Å². The van der Waals surface area contributed by atoms with Gasteiger partial charge in [-0.2, -0.15) is 27.8 Å². The largest absolute Gasteiger partial charge is 0.511 e. The van der Waals surface area contributed by atoms with Crippen LogP contribution in [-0.2, 0) is 21.5 Å². The third kappa shape index (κ3) is 6.67. The molecule has 1 saturated heterocycles. The molecule has 45 heavy (non-hydrogen) atoms. The average molecular weight is 667 g/mol. The van der Waals surface area contributed by atoms with E-state index in [9.17, 15) is 26.9 Å². The van der Waals surface area contributed by atoms with Gasteiger partial charge in [-0.1, -0.05) is 31.8 Å². The molecule has 1 N–H and O–H groups in total. The number of benzene rings is 2. The second kappa shape index (κ2) is 12.3. The Labute approximate surface area is 257 Å². The molecule has 0 unspecified atom stereocenters. The highest BCUT2D eigenvalue weighted by atomic mass is 32.2. The summed E-state index contributed by atoms with van der Waals surface area (Å²) >= 11 is 0. The zero-order valence-corrected chi connectivity index (χ0v) is 26.6. The van der Waals surface area contributed by atoms with E-state index in [1.54, 1.807) is 16.8 Å². The van der Waals surface area contributed by atoms with Crippen LogP contribution in [0.25, 0.3) is 33.1 Å². The van der Waals surface area contributed by atoms with E-state index in [4.69, 9.17) is 4.74 Å². The maximum atomic E-state index is 15.1. The molecule has 1 aliphatic heterocycles. The fraction of sp³-hybridized carbons (Fsp3) is 0.414. The number of nitriles is 1. The Bertz CT molecular complexity index is 1870. The molecule has 2 aromatic heterocycles. The van der Waals surface area contributed by atoms with E-state index in [1.807, 2.05) is 6.07 Å². The fourth-order valence-electron chi connectivity index (χ4n) is 5.23. The number of hydrogen-bond acceptors (Lipinski definition) is 7. The number of alkyl halides is 3. The minimum atomic E-state index is -5.46. The monoisotopic (exact) mass is 666 g/mol. The predicted molar refractivity (Wildman–Crippen MR) is 162 cm³/mol. The molecule has 0 aliphatic carbocycles. The molecule has 240 valence electrons. The molecule has 9 nitrogen and oxygen atoms in total. The molecule has 3 heterocycles. The van der Waals surface area contributed by atoms with Gasteiger partial charge in [0.05, 0.1) is 28.4 Å². The van der Waals surface area contributed by atoms with Crippen molar-refractivity contribution in [2.24, 2.45) is 0 Å². The summed E-state index contributed by atoms with van der Waals surface area (Å²) < 4.78 is 101. The summed E-state index contributed by atoms with van der Waals surface area (Å²) in [5.74, 6) is -1.53. The van der Waals surface area contributed by atoms with Crippen LogP contribution in [0, 0.1) is 23.0 Å². The van der Waals surface area contributed by atoms with Crippen molar-refractivity contribution < 1.29 is 35.1 Å². The van der Waals surface area contributed by atoms with Gasteiger partial charge in [0.2, 0.25) is 0 Å². The molecule has 5 rings (SSSR count). The van der Waals surface area contributed by atoms with Gasteiger partial charge < -0.3 is 10.1 Å². The van der Waals surface area contributed by atoms with Crippen molar-refractivity contribution in [3.63, 3.8) is 0 Å². The number of piperidine rings is 1. The second-order valence-corrected chi connectivity index (χ2v) is 19.6. The van der Waals surface area contributed by atoms with E-state index in [0.29, 0.717) is 27.2 Å². The average Bonchev–Trinajstić information content (AvgIpc) is 3.31. The zero-order chi connectivity index (χ0) is 32.7. The Kier molecular flexibility index (Phi) is 8.93. The first kappa shape index (κ1) is 32.7. The summed E-state index contributed by atoms with van der Waals surface area (Å²) in [6.07, 6.45) is 0.0918. The number of pyridine rings is 1. The molecule has 16 heteroatoms. The predicted octanol–water partition coefficient (Wildman–Crippen LogP) is 6.44. The normalized spacial score (nSPS) is 15.5. The molecule has 0 saturated carbocycles. The van der Waals surface area contributed by atoms with Crippen molar-refractivity contribution in [2.75, 3.05) is 25.0 Å². The summed E-state index contributed by atoms with van der Waals surface area (Å²) in [4.78, 5) is 4.67. The summed E-state index contributed by atoms with van der Waals surface area (Å²) in [5, 5.41) is 18.2. The molecule has 1 fully saturated rings. The summed E-state index contributed by atoms with van der Waals surface area (Å²) in [6.45, 7) is 6.37. The first-order valence-corrected chi connectivity index (χ1v) is 19.3. The van der Waals surface area contributed by atoms with Crippen LogP contribution in [0.3, 0.4) is 0 Å². The first-order chi connectivity index (χ1) is 21.1. The second-order valence-electron chi connectivity index (χ2n) is 12.1. The van der Waals surface area contributed by atoms with E-state index in [2.05, 4.69) is 35.0 Å². The van der Waals surface area contributed by atoms with Crippen molar-refractivity contribution in [3.05, 3.63) is 53.6 Å². The van der Waals surface area contributed by atoms with E-state index in [-0.39, 0.29) is 55.3 Å². The van der Waals surface area contributed by atoms with Crippen LogP contribution in [0.1, 0.15) is 18.4 Å². The SMILES string of the molecule is C[Si](C)(C)CCOCn1nc(NC2CCN(S(=O)(=O)C(F)(F)F)CC2)c2nc(-c3c(F)cccc3F)c3cc(C#N)ccc3c21. The summed E-state index contributed by atoms with van der Waals surface area (Å²) in [6, 6.07) is 10.6. The minimum absolute atomic E-state index is 0.00905. The Morgan fingerprint density at radius 3 is 2.36 bits per heavy atom. The molecule has 4 aromatic rings. The third-order valence-electron chi connectivity index (χ3n) is 7.65. The zero-order valence-electron chi connectivity index (χ0n) is 24.8. The van der Waals surface area contributed by atoms with E-state index in [0.717, 1.165) is 18.2 Å². The van der Waals surface area contributed by atoms with Crippen molar-refractivity contribution in [1.82, 2.24) is 19.1 Å². The Morgan fingerprint density at radius 1 is 1.09 bits per heavy atom. The number of nitrogens with one attached hydrogen (secondary N) is 1. The Morgan fingerprint density at radius 2 is 1.76 bits per heavy atom. The quantitative estimate of drug-likeness (QED) is 0.124. The van der Waals surface area contributed by atoms with E-state index < -0.39 is 46.8 Å². The van der Waals surface area contributed by atoms with Crippen LogP contribution in [0.5, 0.6) is 0 Å². The summed E-state index contributed by atoms with van der Waals surface area (Å²) in [7, 11) is -6.87. The lowest BCUT2D eigenvalue weighted by Gasteiger charge is -2.31. The third-order valence-corrected chi connectivity index (χ3v) is 11.0. The molecule has 0 bridgehead atoms. The Balaban J connectivity index is 1.60. The lowest BCUT2D eigenvalue weighted by atomic mass is 9.99. The topological polar surface area (TPSA) is 113 Å². The van der Waals surface area contributed by atoms with Crippen LogP contribution in [0.4, 0.5) is 27.8 Å². The highest BCUT2D eigenvalue weighted by Crippen LogP contribution is 2.38. The lowest BCUT2D eigenvalue weighted by Crippen LogP contribution is -2.47. The van der Waals surface area contributed by atoms with Gasteiger partial charge in [0.1, 0.15) is 23.9 Å². The number of ether oxygens (including phenoxy) is 1. The fourth-order valence-corrected chi connectivity index (χ4v) is 6.97. The van der Waals surface area contributed by atoms with E-state index in [1.165, 1.54) is 12.1 Å². The number of fused-ring (bicyclic) bond motifs is 3. The van der Waals surface area contributed by atoms with Gasteiger partial charge in [-0.05, 0) is 43.2 Å². The number of anilines is 1. The Hall–Kier alpha value is -3.65. The number of nitrogens with zero attached hydrogens (tertiary/aromatic N) is 5. The highest BCUT2D eigenvalue weighted by molar-refractivity contribution is 7.90. The molecule has 0 amide bonds. The number of hydrogen-bond donors (Lipinski definition) is 1. The number of aromatic nitrogens is 3. The number of rotatable bonds is 9. The standard InChI is InChI=1S/C29H31F5N6O3SSi/c1-45(2,3)14-13-43-17-40-27-20-8-7-18(16-35)15-21(20)25(24-22(30)5-4-6-23(24)31)37-26(27)28(38-40)36-19-9-11-39(12-10-19)44(41,42)29(32,33)34/h4-8,15,19H,9-14,17H2,1-3H3,(H,36,38).